The second-order valence-electron chi connectivity index (χ2n) is 4.04. The molecule has 102 valence electrons. The summed E-state index contributed by atoms with van der Waals surface area (Å²) < 4.78 is 0. The van der Waals surface area contributed by atoms with Gasteiger partial charge in [0.15, 0.2) is 0 Å². The zero-order valence-corrected chi connectivity index (χ0v) is 12.6. The first kappa shape index (κ1) is 14.0. The van der Waals surface area contributed by atoms with Crippen molar-refractivity contribution < 1.29 is 4.79 Å². The number of urea groups is 1. The fraction of sp³-hybridized carbons (Fsp3) is 0.417. The van der Waals surface area contributed by atoms with Crippen LogP contribution in [0.3, 0.4) is 0 Å². The van der Waals surface area contributed by atoms with E-state index in [1.807, 2.05) is 24.4 Å². The number of carbonyl (C=O) groups is 1. The number of thiophene rings is 1. The average Bonchev–Trinajstić information content (AvgIpc) is 3.06. The van der Waals surface area contributed by atoms with E-state index in [1.165, 1.54) is 16.2 Å². The maximum atomic E-state index is 11.9. The Morgan fingerprint density at radius 3 is 2.84 bits per heavy atom. The van der Waals surface area contributed by atoms with Gasteiger partial charge >= 0.3 is 6.03 Å². The minimum atomic E-state index is -0.0957. The first-order chi connectivity index (χ1) is 9.19. The van der Waals surface area contributed by atoms with Crippen molar-refractivity contribution in [2.45, 2.75) is 26.4 Å². The van der Waals surface area contributed by atoms with Crippen LogP contribution in [0.2, 0.25) is 0 Å². The molecule has 2 aromatic heterocycles. The molecule has 19 heavy (non-hydrogen) atoms. The van der Waals surface area contributed by atoms with E-state index in [2.05, 4.69) is 15.5 Å². The van der Waals surface area contributed by atoms with E-state index in [1.54, 1.807) is 23.3 Å². The minimum Gasteiger partial charge on any atom is -0.331 e. The van der Waals surface area contributed by atoms with Crippen molar-refractivity contribution in [3.63, 3.8) is 0 Å². The molecule has 2 aromatic rings. The molecule has 0 saturated carbocycles. The number of rotatable bonds is 5. The van der Waals surface area contributed by atoms with E-state index in [0.29, 0.717) is 13.1 Å². The molecule has 0 radical (unpaired) electrons. The highest BCUT2D eigenvalue weighted by molar-refractivity contribution is 7.11. The van der Waals surface area contributed by atoms with Gasteiger partial charge in [-0.15, -0.1) is 21.5 Å². The number of amides is 2. The molecule has 1 N–H and O–H groups in total. The number of hydrogen-bond donors (Lipinski definition) is 1. The maximum Gasteiger partial charge on any atom is 0.317 e. The summed E-state index contributed by atoms with van der Waals surface area (Å²) in [6.45, 7) is 3.10. The monoisotopic (exact) mass is 296 g/mol. The van der Waals surface area contributed by atoms with Crippen LogP contribution in [0.1, 0.15) is 21.8 Å². The van der Waals surface area contributed by atoms with Crippen LogP contribution in [0, 0.1) is 0 Å². The Balaban J connectivity index is 1.80. The Kier molecular flexibility index (Phi) is 4.86. The molecular weight excluding hydrogens is 280 g/mol. The lowest BCUT2D eigenvalue weighted by Crippen LogP contribution is -2.36. The molecule has 0 aliphatic heterocycles. The molecule has 0 bridgehead atoms. The van der Waals surface area contributed by atoms with Gasteiger partial charge in [0.2, 0.25) is 0 Å². The van der Waals surface area contributed by atoms with Crippen molar-refractivity contribution in [1.29, 1.82) is 0 Å². The summed E-state index contributed by atoms with van der Waals surface area (Å²) in [5.41, 5.74) is 0. The second kappa shape index (κ2) is 6.63. The molecule has 0 aliphatic rings. The first-order valence-electron chi connectivity index (χ1n) is 6.01. The smallest absolute Gasteiger partial charge is 0.317 e. The van der Waals surface area contributed by atoms with Crippen molar-refractivity contribution in [2.24, 2.45) is 0 Å². The van der Waals surface area contributed by atoms with Crippen molar-refractivity contribution in [1.82, 2.24) is 20.4 Å². The number of nitrogens with zero attached hydrogens (tertiary/aromatic N) is 3. The number of hydrogen-bond acceptors (Lipinski definition) is 5. The predicted molar refractivity (Wildman–Crippen MR) is 77.3 cm³/mol. The summed E-state index contributed by atoms with van der Waals surface area (Å²) in [6.07, 6.45) is 0.879. The van der Waals surface area contributed by atoms with Crippen LogP contribution in [0.25, 0.3) is 0 Å². The minimum absolute atomic E-state index is 0.0957. The van der Waals surface area contributed by atoms with Gasteiger partial charge in [-0.2, -0.15) is 0 Å². The van der Waals surface area contributed by atoms with Crippen LogP contribution >= 0.6 is 22.7 Å². The van der Waals surface area contributed by atoms with Crippen molar-refractivity contribution in [3.05, 3.63) is 32.4 Å². The van der Waals surface area contributed by atoms with Gasteiger partial charge in [0.05, 0.1) is 13.1 Å². The molecule has 0 fully saturated rings. The third-order valence-electron chi connectivity index (χ3n) is 2.52. The highest BCUT2D eigenvalue weighted by atomic mass is 32.1. The summed E-state index contributed by atoms with van der Waals surface area (Å²) in [6, 6.07) is 3.91. The fourth-order valence-corrected chi connectivity index (χ4v) is 2.98. The SMILES string of the molecule is CCc1nnc(CNC(=O)N(C)Cc2cccs2)s1. The zero-order chi connectivity index (χ0) is 13.7. The summed E-state index contributed by atoms with van der Waals surface area (Å²) in [5.74, 6) is 0. The van der Waals surface area contributed by atoms with E-state index >= 15 is 0 Å². The Morgan fingerprint density at radius 1 is 1.42 bits per heavy atom. The van der Waals surface area contributed by atoms with Gasteiger partial charge in [0.1, 0.15) is 10.0 Å². The number of nitrogens with one attached hydrogen (secondary N) is 1. The number of aromatic nitrogens is 2. The van der Waals surface area contributed by atoms with E-state index in [4.69, 9.17) is 0 Å². The Hall–Kier alpha value is -1.47. The molecule has 0 spiro atoms. The highest BCUT2D eigenvalue weighted by Gasteiger charge is 2.10. The first-order valence-corrected chi connectivity index (χ1v) is 7.71. The molecular formula is C12H16N4OS2. The molecule has 5 nitrogen and oxygen atoms in total. The van der Waals surface area contributed by atoms with Crippen molar-refractivity contribution in [3.8, 4) is 0 Å². The number of carbonyl (C=O) groups excluding carboxylic acids is 1. The van der Waals surface area contributed by atoms with Crippen LogP contribution < -0.4 is 5.32 Å². The Morgan fingerprint density at radius 2 is 2.21 bits per heavy atom. The molecule has 0 atom stereocenters. The number of aryl methyl sites for hydroxylation is 1. The maximum absolute atomic E-state index is 11.9. The lowest BCUT2D eigenvalue weighted by molar-refractivity contribution is 0.207. The molecule has 2 heterocycles. The molecule has 0 aliphatic carbocycles. The van der Waals surface area contributed by atoms with E-state index in [-0.39, 0.29) is 6.03 Å². The third kappa shape index (κ3) is 4.00. The van der Waals surface area contributed by atoms with Crippen LogP contribution in [0.4, 0.5) is 4.79 Å². The molecule has 7 heteroatoms. The molecule has 0 saturated heterocycles. The second-order valence-corrected chi connectivity index (χ2v) is 6.22. The summed E-state index contributed by atoms with van der Waals surface area (Å²) in [7, 11) is 1.78. The Bertz CT molecular complexity index is 524. The lowest BCUT2D eigenvalue weighted by atomic mass is 10.4. The zero-order valence-electron chi connectivity index (χ0n) is 10.9. The summed E-state index contributed by atoms with van der Waals surface area (Å²) in [5, 5.41) is 14.8. The average molecular weight is 296 g/mol. The summed E-state index contributed by atoms with van der Waals surface area (Å²) in [4.78, 5) is 14.7. The highest BCUT2D eigenvalue weighted by Crippen LogP contribution is 2.12. The van der Waals surface area contributed by atoms with Gasteiger partial charge < -0.3 is 10.2 Å². The van der Waals surface area contributed by atoms with Gasteiger partial charge in [-0.3, -0.25) is 0 Å². The van der Waals surface area contributed by atoms with E-state index in [0.717, 1.165) is 16.4 Å². The van der Waals surface area contributed by atoms with Crippen LogP contribution in [0.5, 0.6) is 0 Å². The van der Waals surface area contributed by atoms with Crippen LogP contribution in [0.15, 0.2) is 17.5 Å². The summed E-state index contributed by atoms with van der Waals surface area (Å²) >= 11 is 3.19. The van der Waals surface area contributed by atoms with Crippen LogP contribution in [-0.2, 0) is 19.5 Å². The standard InChI is InChI=1S/C12H16N4OS2/c1-3-10-14-15-11(19-10)7-13-12(17)16(2)8-9-5-4-6-18-9/h4-6H,3,7-8H2,1-2H3,(H,13,17). The fourth-order valence-electron chi connectivity index (χ4n) is 1.50. The molecule has 2 rings (SSSR count). The van der Waals surface area contributed by atoms with Gasteiger partial charge in [-0.1, -0.05) is 24.3 Å². The normalized spacial score (nSPS) is 10.4. The van der Waals surface area contributed by atoms with E-state index < -0.39 is 0 Å². The van der Waals surface area contributed by atoms with E-state index in [9.17, 15) is 4.79 Å². The Labute approximate surface area is 120 Å². The van der Waals surface area contributed by atoms with Gasteiger partial charge in [-0.25, -0.2) is 4.79 Å². The quantitative estimate of drug-likeness (QED) is 0.922. The van der Waals surface area contributed by atoms with Gasteiger partial charge in [-0.05, 0) is 17.9 Å². The largest absolute Gasteiger partial charge is 0.331 e. The molecule has 0 unspecified atom stereocenters. The van der Waals surface area contributed by atoms with Crippen molar-refractivity contribution >= 4 is 28.7 Å². The van der Waals surface area contributed by atoms with Gasteiger partial charge in [0.25, 0.3) is 0 Å². The predicted octanol–water partition coefficient (Wildman–Crippen LogP) is 2.50. The van der Waals surface area contributed by atoms with Crippen LogP contribution in [-0.4, -0.2) is 28.2 Å². The van der Waals surface area contributed by atoms with Crippen molar-refractivity contribution in [2.75, 3.05) is 7.05 Å². The van der Waals surface area contributed by atoms with Gasteiger partial charge in [0, 0.05) is 11.9 Å². The topological polar surface area (TPSA) is 58.1 Å². The molecule has 0 aromatic carbocycles. The third-order valence-corrected chi connectivity index (χ3v) is 4.45. The lowest BCUT2D eigenvalue weighted by Gasteiger charge is -2.16. The molecule has 2 amide bonds.